The molecule has 0 unspecified atom stereocenters. The molecule has 1 atom stereocenters. The van der Waals surface area contributed by atoms with Crippen LogP contribution in [0.1, 0.15) is 5.56 Å². The molecular formula is C22H19Cl2N7O6. The number of aliphatic hydroxyl groups is 1. The summed E-state index contributed by atoms with van der Waals surface area (Å²) in [4.78, 5) is 41.5. The smallest absolute Gasteiger partial charge is 0.329 e. The first-order valence-electron chi connectivity index (χ1n) is 10.6. The SMILES string of the molecule is Cn1c(=O)[nH]c(=O)c2c1nc(N/N=C\c1ccc([N+](=O)[O-])cc1)n2C[C@@H](O)COc1ccc(Cl)cc1Cl. The zero-order valence-electron chi connectivity index (χ0n) is 19.1. The Hall–Kier alpha value is -4.20. The molecule has 4 aromatic rings. The number of rotatable bonds is 9. The van der Waals surface area contributed by atoms with Crippen LogP contribution in [0.5, 0.6) is 5.75 Å². The Labute approximate surface area is 217 Å². The van der Waals surface area contributed by atoms with E-state index in [-0.39, 0.29) is 41.0 Å². The van der Waals surface area contributed by atoms with Gasteiger partial charge in [0.1, 0.15) is 18.5 Å². The Morgan fingerprint density at radius 2 is 2.00 bits per heavy atom. The third-order valence-corrected chi connectivity index (χ3v) is 5.74. The first-order chi connectivity index (χ1) is 17.6. The average molecular weight is 548 g/mol. The molecular weight excluding hydrogens is 529 g/mol. The van der Waals surface area contributed by atoms with Gasteiger partial charge in [0, 0.05) is 24.2 Å². The zero-order valence-corrected chi connectivity index (χ0v) is 20.6. The minimum Gasteiger partial charge on any atom is -0.489 e. The van der Waals surface area contributed by atoms with Crippen molar-refractivity contribution in [3.63, 3.8) is 0 Å². The third kappa shape index (κ3) is 5.80. The van der Waals surface area contributed by atoms with Gasteiger partial charge in [0.05, 0.1) is 22.7 Å². The second-order valence-corrected chi connectivity index (χ2v) is 8.64. The van der Waals surface area contributed by atoms with Gasteiger partial charge in [0.2, 0.25) is 5.95 Å². The Balaban J connectivity index is 1.59. The van der Waals surface area contributed by atoms with Gasteiger partial charge in [-0.15, -0.1) is 0 Å². The number of aromatic nitrogens is 4. The summed E-state index contributed by atoms with van der Waals surface area (Å²) in [7, 11) is 1.43. The van der Waals surface area contributed by atoms with Gasteiger partial charge in [-0.05, 0) is 35.9 Å². The summed E-state index contributed by atoms with van der Waals surface area (Å²) >= 11 is 12.0. The van der Waals surface area contributed by atoms with Crippen LogP contribution in [0.15, 0.2) is 57.2 Å². The highest BCUT2D eigenvalue weighted by Crippen LogP contribution is 2.27. The molecule has 0 aliphatic carbocycles. The fraction of sp³-hybridized carbons (Fsp3) is 0.182. The van der Waals surface area contributed by atoms with E-state index in [1.807, 2.05) is 0 Å². The maximum Gasteiger partial charge on any atom is 0.329 e. The maximum absolute atomic E-state index is 12.6. The van der Waals surface area contributed by atoms with Gasteiger partial charge in [-0.1, -0.05) is 23.2 Å². The van der Waals surface area contributed by atoms with Crippen LogP contribution in [-0.4, -0.2) is 48.1 Å². The van der Waals surface area contributed by atoms with E-state index in [1.54, 1.807) is 12.1 Å². The number of nitro groups is 1. The molecule has 0 saturated heterocycles. The van der Waals surface area contributed by atoms with Crippen molar-refractivity contribution in [2.45, 2.75) is 12.6 Å². The van der Waals surface area contributed by atoms with Crippen molar-refractivity contribution in [1.82, 2.24) is 19.1 Å². The van der Waals surface area contributed by atoms with Gasteiger partial charge in [0.15, 0.2) is 11.2 Å². The van der Waals surface area contributed by atoms with Gasteiger partial charge in [-0.2, -0.15) is 10.1 Å². The number of non-ortho nitro benzene ring substituents is 1. The summed E-state index contributed by atoms with van der Waals surface area (Å²) in [5.74, 6) is 0.371. The topological polar surface area (TPSA) is 170 Å². The highest BCUT2D eigenvalue weighted by molar-refractivity contribution is 6.35. The molecule has 13 nitrogen and oxygen atoms in total. The lowest BCUT2D eigenvalue weighted by atomic mass is 10.2. The number of hydrazone groups is 1. The van der Waals surface area contributed by atoms with Crippen LogP contribution in [0.2, 0.25) is 10.0 Å². The van der Waals surface area contributed by atoms with E-state index >= 15 is 0 Å². The summed E-state index contributed by atoms with van der Waals surface area (Å²) in [5, 5.41) is 26.2. The van der Waals surface area contributed by atoms with E-state index in [0.717, 1.165) is 4.57 Å². The average Bonchev–Trinajstić information content (AvgIpc) is 3.21. The van der Waals surface area contributed by atoms with Crippen molar-refractivity contribution in [3.05, 3.63) is 89.0 Å². The molecule has 3 N–H and O–H groups in total. The minimum atomic E-state index is -1.13. The Morgan fingerprint density at radius 1 is 1.27 bits per heavy atom. The van der Waals surface area contributed by atoms with E-state index < -0.39 is 22.3 Å². The number of imidazole rings is 1. The summed E-state index contributed by atoms with van der Waals surface area (Å²) in [6, 6.07) is 10.3. The van der Waals surface area contributed by atoms with Crippen LogP contribution in [0.3, 0.4) is 0 Å². The van der Waals surface area contributed by atoms with Crippen LogP contribution < -0.4 is 21.4 Å². The highest BCUT2D eigenvalue weighted by atomic mass is 35.5. The molecule has 37 heavy (non-hydrogen) atoms. The predicted octanol–water partition coefficient (Wildman–Crippen LogP) is 2.52. The van der Waals surface area contributed by atoms with Crippen LogP contribution in [0.4, 0.5) is 11.6 Å². The number of fused-ring (bicyclic) bond motifs is 1. The molecule has 0 amide bonds. The molecule has 2 aromatic heterocycles. The van der Waals surface area contributed by atoms with Gasteiger partial charge in [0.25, 0.3) is 11.2 Å². The monoisotopic (exact) mass is 547 g/mol. The van der Waals surface area contributed by atoms with Crippen molar-refractivity contribution >= 4 is 52.2 Å². The summed E-state index contributed by atoms with van der Waals surface area (Å²) in [6.45, 7) is -0.339. The number of hydrogen-bond acceptors (Lipinski definition) is 9. The highest BCUT2D eigenvalue weighted by Gasteiger charge is 2.20. The number of H-pyrrole nitrogens is 1. The van der Waals surface area contributed by atoms with E-state index in [2.05, 4.69) is 20.5 Å². The first kappa shape index (κ1) is 25.9. The lowest BCUT2D eigenvalue weighted by molar-refractivity contribution is -0.384. The molecule has 2 heterocycles. The van der Waals surface area contributed by atoms with Crippen molar-refractivity contribution in [1.29, 1.82) is 0 Å². The molecule has 0 radical (unpaired) electrons. The van der Waals surface area contributed by atoms with Crippen LogP contribution in [-0.2, 0) is 13.6 Å². The minimum absolute atomic E-state index is 0.0266. The molecule has 2 aromatic carbocycles. The van der Waals surface area contributed by atoms with Gasteiger partial charge >= 0.3 is 5.69 Å². The number of nitrogens with zero attached hydrogens (tertiary/aromatic N) is 5. The van der Waals surface area contributed by atoms with E-state index in [9.17, 15) is 24.8 Å². The molecule has 4 rings (SSSR count). The van der Waals surface area contributed by atoms with Crippen molar-refractivity contribution in [2.75, 3.05) is 12.0 Å². The quantitative estimate of drug-likeness (QED) is 0.163. The lowest BCUT2D eigenvalue weighted by Crippen LogP contribution is -2.30. The number of halogens is 2. The van der Waals surface area contributed by atoms with Crippen molar-refractivity contribution in [2.24, 2.45) is 12.1 Å². The molecule has 0 bridgehead atoms. The standard InChI is InChI=1S/C22H19Cl2N7O6/c1-29-19-18(20(33)27-22(29)34)30(10-15(32)11-37-17-7-4-13(23)8-16(17)24)21(26-19)28-25-9-12-2-5-14(6-3-12)31(35)36/h2-9,15,32H,10-11H2,1H3,(H,26,28)(H,27,33,34)/b25-9-/t15-/m1/s1. The normalized spacial score (nSPS) is 12.2. The molecule has 0 saturated carbocycles. The lowest BCUT2D eigenvalue weighted by Gasteiger charge is -2.15. The van der Waals surface area contributed by atoms with E-state index in [4.69, 9.17) is 27.9 Å². The van der Waals surface area contributed by atoms with E-state index in [1.165, 1.54) is 48.2 Å². The summed E-state index contributed by atoms with van der Waals surface area (Å²) in [5.41, 5.74) is 1.90. The van der Waals surface area contributed by atoms with Crippen molar-refractivity contribution < 1.29 is 14.8 Å². The van der Waals surface area contributed by atoms with E-state index in [0.29, 0.717) is 16.3 Å². The Kier molecular flexibility index (Phi) is 7.57. The number of hydrogen-bond donors (Lipinski definition) is 3. The summed E-state index contributed by atoms with van der Waals surface area (Å²) < 4.78 is 8.09. The number of nitrogens with one attached hydrogen (secondary N) is 2. The van der Waals surface area contributed by atoms with Crippen LogP contribution in [0, 0.1) is 10.1 Å². The van der Waals surface area contributed by atoms with Gasteiger partial charge in [-0.25, -0.2) is 10.2 Å². The molecule has 0 aliphatic heterocycles. The van der Waals surface area contributed by atoms with Crippen LogP contribution in [0.25, 0.3) is 11.2 Å². The third-order valence-electron chi connectivity index (χ3n) is 5.21. The second-order valence-electron chi connectivity index (χ2n) is 7.79. The Morgan fingerprint density at radius 3 is 2.68 bits per heavy atom. The fourth-order valence-corrected chi connectivity index (χ4v) is 3.85. The molecule has 0 aliphatic rings. The van der Waals surface area contributed by atoms with Crippen molar-refractivity contribution in [3.8, 4) is 5.75 Å². The maximum atomic E-state index is 12.6. The number of aromatic amines is 1. The number of aryl methyl sites for hydroxylation is 1. The molecule has 192 valence electrons. The number of nitro benzene ring substituents is 1. The number of aliphatic hydroxyl groups excluding tert-OH is 1. The second kappa shape index (κ2) is 10.8. The van der Waals surface area contributed by atoms with Gasteiger partial charge in [-0.3, -0.25) is 24.5 Å². The number of benzene rings is 2. The predicted molar refractivity (Wildman–Crippen MR) is 138 cm³/mol. The zero-order chi connectivity index (χ0) is 26.7. The first-order valence-corrected chi connectivity index (χ1v) is 11.4. The number of ether oxygens (including phenoxy) is 1. The summed E-state index contributed by atoms with van der Waals surface area (Å²) in [6.07, 6.45) is 0.263. The molecule has 15 heteroatoms. The van der Waals surface area contributed by atoms with Crippen LogP contribution >= 0.6 is 23.2 Å². The fourth-order valence-electron chi connectivity index (χ4n) is 3.39. The Bertz CT molecular complexity index is 1610. The largest absolute Gasteiger partial charge is 0.489 e. The molecule has 0 spiro atoms. The number of anilines is 1. The molecule has 0 fully saturated rings. The van der Waals surface area contributed by atoms with Gasteiger partial charge < -0.3 is 14.4 Å².